The van der Waals surface area contributed by atoms with Crippen LogP contribution in [-0.4, -0.2) is 22.9 Å². The van der Waals surface area contributed by atoms with Gasteiger partial charge in [-0.15, -0.1) is 0 Å². The molecule has 0 saturated carbocycles. The summed E-state index contributed by atoms with van der Waals surface area (Å²) in [6, 6.07) is 8.36. The average Bonchev–Trinajstić information content (AvgIpc) is 2.88. The van der Waals surface area contributed by atoms with E-state index in [4.69, 9.17) is 4.74 Å². The van der Waals surface area contributed by atoms with Crippen LogP contribution >= 0.6 is 0 Å². The predicted molar refractivity (Wildman–Crippen MR) is 70.9 cm³/mol. The van der Waals surface area contributed by atoms with Gasteiger partial charge in [-0.1, -0.05) is 6.07 Å². The lowest BCUT2D eigenvalue weighted by molar-refractivity contribution is 0.174. The molecule has 0 radical (unpaired) electrons. The average molecular weight is 243 g/mol. The van der Waals surface area contributed by atoms with Crippen molar-refractivity contribution in [3.63, 3.8) is 0 Å². The highest BCUT2D eigenvalue weighted by atomic mass is 16.5. The van der Waals surface area contributed by atoms with Gasteiger partial charge >= 0.3 is 0 Å². The van der Waals surface area contributed by atoms with Crippen molar-refractivity contribution in [2.24, 2.45) is 0 Å². The molecule has 1 aliphatic carbocycles. The Hall–Kier alpha value is -1.74. The van der Waals surface area contributed by atoms with Crippen molar-refractivity contribution in [3.8, 4) is 17.0 Å². The summed E-state index contributed by atoms with van der Waals surface area (Å²) in [6.07, 6.45) is 2.69. The summed E-state index contributed by atoms with van der Waals surface area (Å²) in [4.78, 5) is 0. The summed E-state index contributed by atoms with van der Waals surface area (Å²) >= 11 is 0. The van der Waals surface area contributed by atoms with Crippen molar-refractivity contribution in [1.82, 2.24) is 4.57 Å². The third-order valence-corrected chi connectivity index (χ3v) is 3.46. The summed E-state index contributed by atoms with van der Waals surface area (Å²) in [7, 11) is 1.69. The fourth-order valence-electron chi connectivity index (χ4n) is 2.69. The topological polar surface area (TPSA) is 34.4 Å². The Bertz CT molecular complexity index is 584. The van der Waals surface area contributed by atoms with Crippen LogP contribution in [0.3, 0.4) is 0 Å². The van der Waals surface area contributed by atoms with Crippen LogP contribution in [0.2, 0.25) is 0 Å². The molecule has 1 atom stereocenters. The van der Waals surface area contributed by atoms with E-state index in [1.165, 1.54) is 22.4 Å². The van der Waals surface area contributed by atoms with Crippen LogP contribution in [0.25, 0.3) is 11.3 Å². The quantitative estimate of drug-likeness (QED) is 0.766. The van der Waals surface area contributed by atoms with Gasteiger partial charge in [-0.2, -0.15) is 0 Å². The number of aromatic nitrogens is 1. The van der Waals surface area contributed by atoms with E-state index >= 15 is 0 Å². The van der Waals surface area contributed by atoms with E-state index in [9.17, 15) is 5.11 Å². The molecule has 0 spiro atoms. The summed E-state index contributed by atoms with van der Waals surface area (Å²) in [5.41, 5.74) is 5.12. The number of methoxy groups -OCH3 is 1. The molecule has 18 heavy (non-hydrogen) atoms. The van der Waals surface area contributed by atoms with Crippen molar-refractivity contribution in [2.75, 3.05) is 7.11 Å². The minimum Gasteiger partial charge on any atom is -0.497 e. The maximum absolute atomic E-state index is 9.56. The van der Waals surface area contributed by atoms with Crippen molar-refractivity contribution < 1.29 is 9.84 Å². The maximum Gasteiger partial charge on any atom is 0.119 e. The molecule has 3 nitrogen and oxygen atoms in total. The van der Waals surface area contributed by atoms with Crippen LogP contribution in [0.4, 0.5) is 0 Å². The Kier molecular flexibility index (Phi) is 2.63. The first-order valence-electron chi connectivity index (χ1n) is 6.22. The number of benzene rings is 1. The molecule has 1 aliphatic rings. The molecule has 1 N–H and O–H groups in total. The fraction of sp³-hybridized carbons (Fsp3) is 0.333. The standard InChI is InChI=1S/C15H17NO2/c1-10(17)9-16-6-5-12-7-11-3-4-13(18-2)8-14(11)15(12)16/h3-6,8,10,17H,7,9H2,1-2H3. The molecule has 1 heterocycles. The lowest BCUT2D eigenvalue weighted by atomic mass is 10.1. The Morgan fingerprint density at radius 3 is 2.89 bits per heavy atom. The van der Waals surface area contributed by atoms with Gasteiger partial charge < -0.3 is 14.4 Å². The molecule has 3 rings (SSSR count). The zero-order valence-electron chi connectivity index (χ0n) is 10.7. The monoisotopic (exact) mass is 243 g/mol. The molecule has 0 saturated heterocycles. The van der Waals surface area contributed by atoms with Crippen LogP contribution in [-0.2, 0) is 13.0 Å². The van der Waals surface area contributed by atoms with Crippen molar-refractivity contribution in [1.29, 1.82) is 0 Å². The zero-order chi connectivity index (χ0) is 12.7. The molecule has 1 unspecified atom stereocenters. The van der Waals surface area contributed by atoms with Gasteiger partial charge in [0, 0.05) is 24.7 Å². The molecule has 1 aromatic carbocycles. The van der Waals surface area contributed by atoms with E-state index in [-0.39, 0.29) is 6.10 Å². The first-order valence-corrected chi connectivity index (χ1v) is 6.22. The highest BCUT2D eigenvalue weighted by molar-refractivity contribution is 5.75. The van der Waals surface area contributed by atoms with Gasteiger partial charge in [0.2, 0.25) is 0 Å². The Balaban J connectivity index is 2.09. The Morgan fingerprint density at radius 1 is 1.33 bits per heavy atom. The summed E-state index contributed by atoms with van der Waals surface area (Å²) < 4.78 is 7.42. The molecule has 0 amide bonds. The normalized spacial score (nSPS) is 14.2. The molecule has 1 aromatic heterocycles. The fourth-order valence-corrected chi connectivity index (χ4v) is 2.69. The van der Waals surface area contributed by atoms with Gasteiger partial charge in [0.1, 0.15) is 5.75 Å². The van der Waals surface area contributed by atoms with Crippen molar-refractivity contribution >= 4 is 0 Å². The first kappa shape index (κ1) is 11.4. The molecule has 0 fully saturated rings. The summed E-state index contributed by atoms with van der Waals surface area (Å²) in [6.45, 7) is 2.44. The zero-order valence-corrected chi connectivity index (χ0v) is 10.7. The summed E-state index contributed by atoms with van der Waals surface area (Å²) in [5.74, 6) is 0.881. The third kappa shape index (κ3) is 1.71. The molecule has 2 aromatic rings. The molecule has 3 heteroatoms. The largest absolute Gasteiger partial charge is 0.497 e. The van der Waals surface area contributed by atoms with Gasteiger partial charge in [0.05, 0.1) is 18.9 Å². The number of aliphatic hydroxyl groups is 1. The number of aliphatic hydroxyl groups excluding tert-OH is 1. The lowest BCUT2D eigenvalue weighted by Gasteiger charge is -2.11. The van der Waals surface area contributed by atoms with Gasteiger partial charge in [0.15, 0.2) is 0 Å². The van der Waals surface area contributed by atoms with Gasteiger partial charge in [-0.3, -0.25) is 0 Å². The first-order chi connectivity index (χ1) is 8.69. The van der Waals surface area contributed by atoms with Crippen molar-refractivity contribution in [3.05, 3.63) is 41.6 Å². The highest BCUT2D eigenvalue weighted by Gasteiger charge is 2.22. The van der Waals surface area contributed by atoms with E-state index in [1.54, 1.807) is 7.11 Å². The molecule has 0 bridgehead atoms. The van der Waals surface area contributed by atoms with Crippen LogP contribution < -0.4 is 4.74 Å². The van der Waals surface area contributed by atoms with Gasteiger partial charge in [0.25, 0.3) is 0 Å². The van der Waals surface area contributed by atoms with Gasteiger partial charge in [-0.05, 0) is 36.2 Å². The van der Waals surface area contributed by atoms with E-state index in [2.05, 4.69) is 29.0 Å². The summed E-state index contributed by atoms with van der Waals surface area (Å²) in [5, 5.41) is 9.56. The smallest absolute Gasteiger partial charge is 0.119 e. The minimum atomic E-state index is -0.337. The Labute approximate surface area is 107 Å². The second-order valence-corrected chi connectivity index (χ2v) is 4.89. The van der Waals surface area contributed by atoms with E-state index in [1.807, 2.05) is 13.0 Å². The second kappa shape index (κ2) is 4.18. The molecule has 0 aliphatic heterocycles. The van der Waals surface area contributed by atoms with Crippen LogP contribution in [0.1, 0.15) is 18.1 Å². The minimum absolute atomic E-state index is 0.337. The lowest BCUT2D eigenvalue weighted by Crippen LogP contribution is -2.11. The highest BCUT2D eigenvalue weighted by Crippen LogP contribution is 2.39. The molecular formula is C15H17NO2. The van der Waals surface area contributed by atoms with Crippen LogP contribution in [0.5, 0.6) is 5.75 Å². The predicted octanol–water partition coefficient (Wildman–Crippen LogP) is 2.45. The van der Waals surface area contributed by atoms with Gasteiger partial charge in [-0.25, -0.2) is 0 Å². The number of fused-ring (bicyclic) bond motifs is 3. The van der Waals surface area contributed by atoms with E-state index < -0.39 is 0 Å². The van der Waals surface area contributed by atoms with Crippen molar-refractivity contribution in [2.45, 2.75) is 26.0 Å². The molecular weight excluding hydrogens is 226 g/mol. The van der Waals surface area contributed by atoms with Crippen LogP contribution in [0.15, 0.2) is 30.5 Å². The number of ether oxygens (including phenoxy) is 1. The number of hydrogen-bond acceptors (Lipinski definition) is 2. The second-order valence-electron chi connectivity index (χ2n) is 4.89. The Morgan fingerprint density at radius 2 is 2.17 bits per heavy atom. The SMILES string of the molecule is COc1ccc2c(c1)-c1c(ccn1CC(C)O)C2. The molecule has 94 valence electrons. The number of rotatable bonds is 3. The van der Waals surface area contributed by atoms with Crippen LogP contribution in [0, 0.1) is 0 Å². The van der Waals surface area contributed by atoms with E-state index in [0.717, 1.165) is 12.2 Å². The third-order valence-electron chi connectivity index (χ3n) is 3.46. The van der Waals surface area contributed by atoms with E-state index in [0.29, 0.717) is 6.54 Å². The number of nitrogens with zero attached hydrogens (tertiary/aromatic N) is 1. The maximum atomic E-state index is 9.56. The number of hydrogen-bond donors (Lipinski definition) is 1.